The van der Waals surface area contributed by atoms with E-state index in [-0.39, 0.29) is 18.0 Å². The first kappa shape index (κ1) is 15.6. The SMILES string of the molecule is COc1ccc(C(C)NC(=O)C2CCCCN2)c(OC)c1. The Hall–Kier alpha value is -1.75. The molecule has 0 aliphatic carbocycles. The van der Waals surface area contributed by atoms with Crippen LogP contribution in [0.1, 0.15) is 37.8 Å². The predicted octanol–water partition coefficient (Wildman–Crippen LogP) is 2.02. The molecule has 1 fully saturated rings. The van der Waals surface area contributed by atoms with Gasteiger partial charge in [-0.25, -0.2) is 0 Å². The molecule has 0 saturated carbocycles. The topological polar surface area (TPSA) is 59.6 Å². The van der Waals surface area contributed by atoms with E-state index in [1.54, 1.807) is 14.2 Å². The molecule has 1 aliphatic rings. The molecule has 2 unspecified atom stereocenters. The van der Waals surface area contributed by atoms with Crippen LogP contribution in [-0.4, -0.2) is 32.7 Å². The summed E-state index contributed by atoms with van der Waals surface area (Å²) < 4.78 is 10.6. The van der Waals surface area contributed by atoms with Crippen LogP contribution in [0.5, 0.6) is 11.5 Å². The van der Waals surface area contributed by atoms with Gasteiger partial charge >= 0.3 is 0 Å². The first-order valence-corrected chi connectivity index (χ1v) is 7.41. The molecule has 0 spiro atoms. The summed E-state index contributed by atoms with van der Waals surface area (Å²) in [5.41, 5.74) is 0.947. The summed E-state index contributed by atoms with van der Waals surface area (Å²) in [7, 11) is 3.24. The maximum Gasteiger partial charge on any atom is 0.237 e. The number of rotatable bonds is 5. The molecule has 1 aromatic carbocycles. The Morgan fingerprint density at radius 2 is 2.14 bits per heavy atom. The zero-order chi connectivity index (χ0) is 15.2. The molecule has 1 saturated heterocycles. The minimum Gasteiger partial charge on any atom is -0.497 e. The summed E-state index contributed by atoms with van der Waals surface area (Å²) in [4.78, 5) is 12.3. The van der Waals surface area contributed by atoms with Crippen molar-refractivity contribution >= 4 is 5.91 Å². The quantitative estimate of drug-likeness (QED) is 0.872. The van der Waals surface area contributed by atoms with Crippen molar-refractivity contribution in [1.82, 2.24) is 10.6 Å². The van der Waals surface area contributed by atoms with E-state index in [1.165, 1.54) is 0 Å². The van der Waals surface area contributed by atoms with Crippen molar-refractivity contribution in [1.29, 1.82) is 0 Å². The second kappa shape index (κ2) is 7.31. The lowest BCUT2D eigenvalue weighted by molar-refractivity contribution is -0.124. The van der Waals surface area contributed by atoms with Crippen LogP contribution in [0.3, 0.4) is 0 Å². The van der Waals surface area contributed by atoms with Crippen molar-refractivity contribution in [3.8, 4) is 11.5 Å². The number of ether oxygens (including phenoxy) is 2. The van der Waals surface area contributed by atoms with Crippen molar-refractivity contribution < 1.29 is 14.3 Å². The third-order valence-corrected chi connectivity index (χ3v) is 3.89. The van der Waals surface area contributed by atoms with E-state index in [4.69, 9.17) is 9.47 Å². The highest BCUT2D eigenvalue weighted by Crippen LogP contribution is 2.29. The molecule has 1 amide bonds. The Morgan fingerprint density at radius 1 is 1.33 bits per heavy atom. The highest BCUT2D eigenvalue weighted by Gasteiger charge is 2.23. The number of hydrogen-bond donors (Lipinski definition) is 2. The number of piperidine rings is 1. The predicted molar refractivity (Wildman–Crippen MR) is 81.7 cm³/mol. The zero-order valence-corrected chi connectivity index (χ0v) is 12.9. The van der Waals surface area contributed by atoms with Gasteiger partial charge in [-0.15, -0.1) is 0 Å². The molecule has 116 valence electrons. The molecule has 5 nitrogen and oxygen atoms in total. The molecule has 1 aromatic rings. The summed E-state index contributed by atoms with van der Waals surface area (Å²) in [5.74, 6) is 1.52. The first-order valence-electron chi connectivity index (χ1n) is 7.41. The van der Waals surface area contributed by atoms with Crippen LogP contribution in [-0.2, 0) is 4.79 Å². The normalized spacial score (nSPS) is 19.7. The maximum atomic E-state index is 12.3. The number of benzene rings is 1. The van der Waals surface area contributed by atoms with Crippen LogP contribution in [0.15, 0.2) is 18.2 Å². The summed E-state index contributed by atoms with van der Waals surface area (Å²) >= 11 is 0. The minimum atomic E-state index is -0.109. The Kier molecular flexibility index (Phi) is 5.44. The Balaban J connectivity index is 2.05. The van der Waals surface area contributed by atoms with E-state index in [1.807, 2.05) is 25.1 Å². The molecule has 21 heavy (non-hydrogen) atoms. The molecule has 0 radical (unpaired) electrons. The van der Waals surface area contributed by atoms with E-state index < -0.39 is 0 Å². The van der Waals surface area contributed by atoms with Crippen LogP contribution in [0, 0.1) is 0 Å². The lowest BCUT2D eigenvalue weighted by atomic mass is 10.0. The smallest absolute Gasteiger partial charge is 0.237 e. The molecular formula is C16H24N2O3. The average Bonchev–Trinajstić information content (AvgIpc) is 2.54. The molecular weight excluding hydrogens is 268 g/mol. The third-order valence-electron chi connectivity index (χ3n) is 3.89. The largest absolute Gasteiger partial charge is 0.497 e. The van der Waals surface area contributed by atoms with Crippen molar-refractivity contribution in [2.45, 2.75) is 38.3 Å². The van der Waals surface area contributed by atoms with Crippen LogP contribution < -0.4 is 20.1 Å². The van der Waals surface area contributed by atoms with Gasteiger partial charge in [-0.2, -0.15) is 0 Å². The summed E-state index contributed by atoms with van der Waals surface area (Å²) in [6.07, 6.45) is 3.15. The fraction of sp³-hybridized carbons (Fsp3) is 0.562. The van der Waals surface area contributed by atoms with E-state index in [0.29, 0.717) is 0 Å². The van der Waals surface area contributed by atoms with Crippen LogP contribution in [0.4, 0.5) is 0 Å². The molecule has 1 heterocycles. The Labute approximate surface area is 126 Å². The number of methoxy groups -OCH3 is 2. The molecule has 2 N–H and O–H groups in total. The second-order valence-corrected chi connectivity index (χ2v) is 5.34. The standard InChI is InChI=1S/C16H24N2O3/c1-11(18-16(19)14-6-4-5-9-17-14)13-8-7-12(20-2)10-15(13)21-3/h7-8,10-11,14,17H,4-6,9H2,1-3H3,(H,18,19). The van der Waals surface area contributed by atoms with Gasteiger partial charge < -0.3 is 20.1 Å². The number of nitrogens with one attached hydrogen (secondary N) is 2. The van der Waals surface area contributed by atoms with Crippen molar-refractivity contribution in [3.05, 3.63) is 23.8 Å². The average molecular weight is 292 g/mol. The minimum absolute atomic E-state index is 0.0556. The van der Waals surface area contributed by atoms with Gasteiger partial charge in [0.15, 0.2) is 0 Å². The van der Waals surface area contributed by atoms with Crippen LogP contribution in [0.25, 0.3) is 0 Å². The van der Waals surface area contributed by atoms with Crippen molar-refractivity contribution in [2.75, 3.05) is 20.8 Å². The van der Waals surface area contributed by atoms with Gasteiger partial charge in [0, 0.05) is 11.6 Å². The Morgan fingerprint density at radius 3 is 2.76 bits per heavy atom. The van der Waals surface area contributed by atoms with E-state index in [2.05, 4.69) is 10.6 Å². The second-order valence-electron chi connectivity index (χ2n) is 5.34. The Bertz CT molecular complexity index is 484. The summed E-state index contributed by atoms with van der Waals surface area (Å²) in [5, 5.41) is 6.32. The summed E-state index contributed by atoms with van der Waals surface area (Å²) in [6, 6.07) is 5.44. The van der Waals surface area contributed by atoms with Gasteiger partial charge in [0.2, 0.25) is 5.91 Å². The summed E-state index contributed by atoms with van der Waals surface area (Å²) in [6.45, 7) is 2.88. The van der Waals surface area contributed by atoms with E-state index >= 15 is 0 Å². The van der Waals surface area contributed by atoms with Gasteiger partial charge in [-0.05, 0) is 38.4 Å². The molecule has 5 heteroatoms. The van der Waals surface area contributed by atoms with Crippen LogP contribution >= 0.6 is 0 Å². The first-order chi connectivity index (χ1) is 10.2. The molecule has 0 bridgehead atoms. The van der Waals surface area contributed by atoms with Gasteiger partial charge in [0.1, 0.15) is 11.5 Å². The van der Waals surface area contributed by atoms with Gasteiger partial charge in [-0.1, -0.05) is 6.42 Å². The number of hydrogen-bond acceptors (Lipinski definition) is 4. The van der Waals surface area contributed by atoms with Crippen molar-refractivity contribution in [2.24, 2.45) is 0 Å². The molecule has 2 atom stereocenters. The number of carbonyl (C=O) groups excluding carboxylic acids is 1. The van der Waals surface area contributed by atoms with Gasteiger partial charge in [0.25, 0.3) is 0 Å². The lowest BCUT2D eigenvalue weighted by Crippen LogP contribution is -2.47. The molecule has 2 rings (SSSR count). The molecule has 1 aliphatic heterocycles. The third kappa shape index (κ3) is 3.88. The van der Waals surface area contributed by atoms with Gasteiger partial charge in [0.05, 0.1) is 26.3 Å². The fourth-order valence-corrected chi connectivity index (χ4v) is 2.64. The maximum absolute atomic E-state index is 12.3. The fourth-order valence-electron chi connectivity index (χ4n) is 2.64. The highest BCUT2D eigenvalue weighted by atomic mass is 16.5. The van der Waals surface area contributed by atoms with Gasteiger partial charge in [-0.3, -0.25) is 4.79 Å². The van der Waals surface area contributed by atoms with Crippen molar-refractivity contribution in [3.63, 3.8) is 0 Å². The molecule has 0 aromatic heterocycles. The zero-order valence-electron chi connectivity index (χ0n) is 12.9. The number of carbonyl (C=O) groups is 1. The number of amides is 1. The lowest BCUT2D eigenvalue weighted by Gasteiger charge is -2.25. The monoisotopic (exact) mass is 292 g/mol. The van der Waals surface area contributed by atoms with E-state index in [0.717, 1.165) is 42.9 Å². The van der Waals surface area contributed by atoms with E-state index in [9.17, 15) is 4.79 Å². The van der Waals surface area contributed by atoms with Crippen LogP contribution in [0.2, 0.25) is 0 Å². The highest BCUT2D eigenvalue weighted by molar-refractivity contribution is 5.82.